The smallest absolute Gasteiger partial charge is 0.199 e. The predicted molar refractivity (Wildman–Crippen MR) is 56.0 cm³/mol. The molecule has 0 bridgehead atoms. The molecular weight excluding hydrogens is 196 g/mol. The Hall–Kier alpha value is -1.49. The molecule has 0 atom stereocenters. The summed E-state index contributed by atoms with van der Waals surface area (Å²) in [6.45, 7) is 3.89. The number of nitrogens with one attached hydrogen (secondary N) is 1. The third-order valence-corrected chi connectivity index (χ3v) is 2.23. The molecule has 0 unspecified atom stereocenters. The van der Waals surface area contributed by atoms with Gasteiger partial charge >= 0.3 is 0 Å². The number of H-pyrrole nitrogens is 1. The van der Waals surface area contributed by atoms with Crippen molar-refractivity contribution in [2.45, 2.75) is 13.8 Å². The second kappa shape index (κ2) is 3.34. The van der Waals surface area contributed by atoms with Gasteiger partial charge in [-0.05, 0) is 37.7 Å². The summed E-state index contributed by atoms with van der Waals surface area (Å²) in [5.74, 6) is 0.836. The largest absolute Gasteiger partial charge is 0.271 e. The molecule has 0 spiro atoms. The first-order chi connectivity index (χ1) is 6.68. The Bertz CT molecular complexity index is 512. The SMILES string of the molecule is Cc1cncc(-n2c(C)n[nH]c2=S)c1. The number of hydrogen-bond donors (Lipinski definition) is 1. The Kier molecular flexibility index (Phi) is 2.17. The van der Waals surface area contributed by atoms with E-state index in [0.717, 1.165) is 17.1 Å². The highest BCUT2D eigenvalue weighted by atomic mass is 32.1. The second-order valence-electron chi connectivity index (χ2n) is 3.13. The van der Waals surface area contributed by atoms with E-state index in [2.05, 4.69) is 15.2 Å². The summed E-state index contributed by atoms with van der Waals surface area (Å²) in [5.41, 5.74) is 2.05. The van der Waals surface area contributed by atoms with Crippen LogP contribution in [0.4, 0.5) is 0 Å². The highest BCUT2D eigenvalue weighted by molar-refractivity contribution is 7.71. The third kappa shape index (κ3) is 1.46. The third-order valence-electron chi connectivity index (χ3n) is 1.96. The molecule has 2 heterocycles. The van der Waals surface area contributed by atoms with E-state index in [1.54, 1.807) is 6.20 Å². The van der Waals surface area contributed by atoms with Crippen LogP contribution in [0.3, 0.4) is 0 Å². The van der Waals surface area contributed by atoms with E-state index in [4.69, 9.17) is 12.2 Å². The zero-order chi connectivity index (χ0) is 10.1. The fraction of sp³-hybridized carbons (Fsp3) is 0.222. The standard InChI is InChI=1S/C9H10N4S/c1-6-3-8(5-10-4-6)13-7(2)11-12-9(13)14/h3-5H,1-2H3,(H,12,14). The lowest BCUT2D eigenvalue weighted by atomic mass is 10.3. The molecule has 4 nitrogen and oxygen atoms in total. The monoisotopic (exact) mass is 206 g/mol. The number of rotatable bonds is 1. The maximum atomic E-state index is 5.12. The molecule has 0 aromatic carbocycles. The van der Waals surface area contributed by atoms with Crippen molar-refractivity contribution >= 4 is 12.2 Å². The van der Waals surface area contributed by atoms with Gasteiger partial charge in [-0.3, -0.25) is 14.6 Å². The van der Waals surface area contributed by atoms with Crippen LogP contribution in [0.25, 0.3) is 5.69 Å². The summed E-state index contributed by atoms with van der Waals surface area (Å²) in [6, 6.07) is 2.02. The Labute approximate surface area is 86.6 Å². The lowest BCUT2D eigenvalue weighted by Crippen LogP contribution is -1.98. The average Bonchev–Trinajstić information content (AvgIpc) is 2.46. The van der Waals surface area contributed by atoms with Crippen LogP contribution in [-0.2, 0) is 0 Å². The highest BCUT2D eigenvalue weighted by Gasteiger charge is 2.03. The predicted octanol–water partition coefficient (Wildman–Crippen LogP) is 1.94. The summed E-state index contributed by atoms with van der Waals surface area (Å²) in [4.78, 5) is 4.11. The number of aromatic nitrogens is 4. The van der Waals surface area contributed by atoms with Crippen molar-refractivity contribution < 1.29 is 0 Å². The molecule has 0 fully saturated rings. The summed E-state index contributed by atoms with van der Waals surface area (Å²) >= 11 is 5.12. The zero-order valence-corrected chi connectivity index (χ0v) is 8.80. The van der Waals surface area contributed by atoms with E-state index in [1.807, 2.05) is 30.7 Å². The molecule has 72 valence electrons. The summed E-state index contributed by atoms with van der Waals surface area (Å²) in [5, 5.41) is 6.78. The molecule has 0 saturated carbocycles. The molecule has 0 aliphatic carbocycles. The van der Waals surface area contributed by atoms with Gasteiger partial charge in [-0.1, -0.05) is 0 Å². The van der Waals surface area contributed by atoms with Crippen LogP contribution in [0.1, 0.15) is 11.4 Å². The fourth-order valence-electron chi connectivity index (χ4n) is 1.34. The molecule has 5 heteroatoms. The van der Waals surface area contributed by atoms with Gasteiger partial charge < -0.3 is 0 Å². The second-order valence-corrected chi connectivity index (χ2v) is 3.52. The minimum absolute atomic E-state index is 0.593. The van der Waals surface area contributed by atoms with Gasteiger partial charge in [-0.2, -0.15) is 5.10 Å². The van der Waals surface area contributed by atoms with Gasteiger partial charge in [0.05, 0.1) is 11.9 Å². The van der Waals surface area contributed by atoms with Crippen LogP contribution in [0, 0.1) is 18.6 Å². The number of nitrogens with zero attached hydrogens (tertiary/aromatic N) is 3. The van der Waals surface area contributed by atoms with Crippen molar-refractivity contribution in [1.29, 1.82) is 0 Å². The summed E-state index contributed by atoms with van der Waals surface area (Å²) in [7, 11) is 0. The first-order valence-corrected chi connectivity index (χ1v) is 4.65. The maximum Gasteiger partial charge on any atom is 0.199 e. The highest BCUT2D eigenvalue weighted by Crippen LogP contribution is 2.10. The molecular formula is C9H10N4S. The maximum absolute atomic E-state index is 5.12. The van der Waals surface area contributed by atoms with Crippen LogP contribution < -0.4 is 0 Å². The Morgan fingerprint density at radius 3 is 2.71 bits per heavy atom. The van der Waals surface area contributed by atoms with Gasteiger partial charge in [0.15, 0.2) is 4.77 Å². The molecule has 0 amide bonds. The summed E-state index contributed by atoms with van der Waals surface area (Å²) in [6.07, 6.45) is 3.58. The molecule has 0 aliphatic rings. The van der Waals surface area contributed by atoms with Gasteiger partial charge in [0.1, 0.15) is 5.82 Å². The van der Waals surface area contributed by atoms with Crippen LogP contribution in [0.5, 0.6) is 0 Å². The summed E-state index contributed by atoms with van der Waals surface area (Å²) < 4.78 is 2.45. The minimum atomic E-state index is 0.593. The Morgan fingerprint density at radius 1 is 1.36 bits per heavy atom. The van der Waals surface area contributed by atoms with E-state index in [-0.39, 0.29) is 0 Å². The van der Waals surface area contributed by atoms with Crippen molar-refractivity contribution in [3.8, 4) is 5.69 Å². The van der Waals surface area contributed by atoms with Crippen LogP contribution in [0.15, 0.2) is 18.5 Å². The minimum Gasteiger partial charge on any atom is -0.271 e. The topological polar surface area (TPSA) is 46.5 Å². The number of hydrogen-bond acceptors (Lipinski definition) is 3. The molecule has 2 rings (SSSR count). The van der Waals surface area contributed by atoms with E-state index in [0.29, 0.717) is 4.77 Å². The molecule has 1 N–H and O–H groups in total. The molecule has 0 saturated heterocycles. The van der Waals surface area contributed by atoms with E-state index in [9.17, 15) is 0 Å². The fourth-order valence-corrected chi connectivity index (χ4v) is 1.62. The molecule has 14 heavy (non-hydrogen) atoms. The van der Waals surface area contributed by atoms with Gasteiger partial charge in [0.25, 0.3) is 0 Å². The van der Waals surface area contributed by atoms with Crippen LogP contribution in [0.2, 0.25) is 0 Å². The normalized spacial score (nSPS) is 10.4. The van der Waals surface area contributed by atoms with Crippen LogP contribution in [-0.4, -0.2) is 19.7 Å². The van der Waals surface area contributed by atoms with Gasteiger partial charge in [-0.25, -0.2) is 0 Å². The Balaban J connectivity index is 2.66. The van der Waals surface area contributed by atoms with Gasteiger partial charge in [0.2, 0.25) is 0 Å². The molecule has 2 aromatic rings. The Morgan fingerprint density at radius 2 is 2.14 bits per heavy atom. The van der Waals surface area contributed by atoms with Crippen molar-refractivity contribution in [2.24, 2.45) is 0 Å². The van der Waals surface area contributed by atoms with Crippen molar-refractivity contribution in [3.05, 3.63) is 34.6 Å². The van der Waals surface area contributed by atoms with Crippen molar-refractivity contribution in [3.63, 3.8) is 0 Å². The van der Waals surface area contributed by atoms with Crippen LogP contribution >= 0.6 is 12.2 Å². The van der Waals surface area contributed by atoms with Crippen molar-refractivity contribution in [1.82, 2.24) is 19.7 Å². The first kappa shape index (κ1) is 9.08. The zero-order valence-electron chi connectivity index (χ0n) is 7.98. The quantitative estimate of drug-likeness (QED) is 0.725. The van der Waals surface area contributed by atoms with Gasteiger partial charge in [0, 0.05) is 6.20 Å². The first-order valence-electron chi connectivity index (χ1n) is 4.24. The molecule has 0 radical (unpaired) electrons. The average molecular weight is 206 g/mol. The van der Waals surface area contributed by atoms with E-state index in [1.165, 1.54) is 0 Å². The number of pyridine rings is 1. The van der Waals surface area contributed by atoms with Gasteiger partial charge in [-0.15, -0.1) is 0 Å². The molecule has 2 aromatic heterocycles. The lowest BCUT2D eigenvalue weighted by molar-refractivity contribution is 0.951. The van der Waals surface area contributed by atoms with E-state index >= 15 is 0 Å². The number of aromatic amines is 1. The number of aryl methyl sites for hydroxylation is 2. The molecule has 0 aliphatic heterocycles. The lowest BCUT2D eigenvalue weighted by Gasteiger charge is -2.03. The van der Waals surface area contributed by atoms with Crippen molar-refractivity contribution in [2.75, 3.05) is 0 Å². The van der Waals surface area contributed by atoms with E-state index < -0.39 is 0 Å².